The second kappa shape index (κ2) is 15.0. The van der Waals surface area contributed by atoms with E-state index in [-0.39, 0.29) is 11.9 Å². The first-order valence-electron chi connectivity index (χ1n) is 13.8. The van der Waals surface area contributed by atoms with E-state index in [0.29, 0.717) is 12.3 Å². The number of nitrogens with two attached hydrogens (primary N) is 1. The molecule has 0 saturated carbocycles. The van der Waals surface area contributed by atoms with Gasteiger partial charge in [-0.2, -0.15) is 0 Å². The zero-order chi connectivity index (χ0) is 29.9. The van der Waals surface area contributed by atoms with Crippen molar-refractivity contribution in [3.05, 3.63) is 131 Å². The summed E-state index contributed by atoms with van der Waals surface area (Å²) in [6.45, 7) is 15.1. The van der Waals surface area contributed by atoms with E-state index in [2.05, 4.69) is 98.0 Å². The number of halogens is 1. The molecule has 0 aliphatic heterocycles. The van der Waals surface area contributed by atoms with Gasteiger partial charge >= 0.3 is 0 Å². The Hall–Kier alpha value is -4.19. The summed E-state index contributed by atoms with van der Waals surface area (Å²) < 4.78 is 19.3. The van der Waals surface area contributed by atoms with Gasteiger partial charge in [0.1, 0.15) is 5.82 Å². The molecule has 5 heteroatoms. The number of anilines is 2. The van der Waals surface area contributed by atoms with Gasteiger partial charge in [0.25, 0.3) is 0 Å². The number of hydrogen-bond acceptors (Lipinski definition) is 4. The van der Waals surface area contributed by atoms with Gasteiger partial charge in [0.15, 0.2) is 0 Å². The molecule has 0 saturated heterocycles. The molecule has 4 nitrogen and oxygen atoms in total. The van der Waals surface area contributed by atoms with Gasteiger partial charge in [0.2, 0.25) is 0 Å². The van der Waals surface area contributed by atoms with E-state index in [9.17, 15) is 4.39 Å². The lowest BCUT2D eigenvalue weighted by Crippen LogP contribution is -2.21. The molecule has 0 fully saturated rings. The number of ether oxygens (including phenoxy) is 1. The van der Waals surface area contributed by atoms with Crippen molar-refractivity contribution in [1.82, 2.24) is 0 Å². The third kappa shape index (κ3) is 7.94. The Morgan fingerprint density at radius 2 is 1.71 bits per heavy atom. The van der Waals surface area contributed by atoms with Gasteiger partial charge in [-0.3, -0.25) is 0 Å². The molecule has 0 aliphatic carbocycles. The minimum absolute atomic E-state index is 0.172. The number of aryl methyl sites for hydroxylation is 2. The monoisotopic (exact) mass is 551 g/mol. The van der Waals surface area contributed by atoms with Crippen LogP contribution in [0.2, 0.25) is 0 Å². The largest absolute Gasteiger partial charge is 0.383 e. The van der Waals surface area contributed by atoms with Crippen LogP contribution >= 0.6 is 0 Å². The van der Waals surface area contributed by atoms with Gasteiger partial charge in [0, 0.05) is 35.8 Å². The van der Waals surface area contributed by atoms with Crippen molar-refractivity contribution in [3.8, 4) is 11.1 Å². The van der Waals surface area contributed by atoms with Crippen molar-refractivity contribution < 1.29 is 9.13 Å². The molecule has 0 bridgehead atoms. The fraction of sp³-hybridized carbons (Fsp3) is 0.222. The van der Waals surface area contributed by atoms with Gasteiger partial charge in [0.05, 0.1) is 6.61 Å². The molecule has 0 radical (unpaired) electrons. The molecule has 0 heterocycles. The van der Waals surface area contributed by atoms with Gasteiger partial charge in [-0.15, -0.1) is 0 Å². The van der Waals surface area contributed by atoms with Gasteiger partial charge in [-0.25, -0.2) is 4.39 Å². The normalized spacial score (nSPS) is 11.2. The Balaban J connectivity index is 0.00000226. The number of methoxy groups -OCH3 is 1. The van der Waals surface area contributed by atoms with Gasteiger partial charge in [-0.1, -0.05) is 79.9 Å². The zero-order valence-corrected chi connectivity index (χ0v) is 24.9. The highest BCUT2D eigenvalue weighted by Gasteiger charge is 2.16. The zero-order valence-electron chi connectivity index (χ0n) is 24.9. The summed E-state index contributed by atoms with van der Waals surface area (Å²) in [7, 11) is 3.21. The molecule has 4 rings (SSSR count). The van der Waals surface area contributed by atoms with Crippen LogP contribution in [0.25, 0.3) is 22.9 Å². The van der Waals surface area contributed by atoms with Crippen LogP contribution in [0.5, 0.6) is 0 Å². The maximum atomic E-state index is 14.0. The van der Waals surface area contributed by atoms with Crippen molar-refractivity contribution in [2.45, 2.75) is 33.2 Å². The Labute approximate surface area is 244 Å². The molecule has 4 aromatic rings. The minimum atomic E-state index is -0.279. The van der Waals surface area contributed by atoms with Crippen LogP contribution < -0.4 is 16.4 Å². The highest BCUT2D eigenvalue weighted by Crippen LogP contribution is 2.36. The highest BCUT2D eigenvalue weighted by atomic mass is 19.1. The van der Waals surface area contributed by atoms with Crippen molar-refractivity contribution in [2.24, 2.45) is 5.73 Å². The maximum Gasteiger partial charge on any atom is 0.125 e. The molecular formula is C36H42FN3O. The Bertz CT molecular complexity index is 1490. The molecule has 1 unspecified atom stereocenters. The fourth-order valence-corrected chi connectivity index (χ4v) is 4.95. The van der Waals surface area contributed by atoms with Crippen molar-refractivity contribution >= 4 is 23.1 Å². The average molecular weight is 552 g/mol. The highest BCUT2D eigenvalue weighted by molar-refractivity contribution is 5.88. The first-order chi connectivity index (χ1) is 19.8. The summed E-state index contributed by atoms with van der Waals surface area (Å²) in [5.41, 5.74) is 15.8. The molecule has 214 valence electrons. The van der Waals surface area contributed by atoms with Crippen LogP contribution in [0.3, 0.4) is 0 Å². The second-order valence-electron chi connectivity index (χ2n) is 10.0. The molecule has 4 aromatic carbocycles. The number of rotatable bonds is 11. The van der Waals surface area contributed by atoms with Crippen molar-refractivity contribution in [1.29, 1.82) is 0 Å². The lowest BCUT2D eigenvalue weighted by Gasteiger charge is -2.20. The fourth-order valence-electron chi connectivity index (χ4n) is 4.95. The van der Waals surface area contributed by atoms with Crippen molar-refractivity contribution in [2.75, 3.05) is 31.4 Å². The average Bonchev–Trinajstić information content (AvgIpc) is 2.96. The Morgan fingerprint density at radius 1 is 0.951 bits per heavy atom. The van der Waals surface area contributed by atoms with E-state index in [1.54, 1.807) is 13.2 Å². The Morgan fingerprint density at radius 3 is 2.44 bits per heavy atom. The minimum Gasteiger partial charge on any atom is -0.383 e. The number of hydrogen-bond donors (Lipinski definition) is 3. The standard InChI is InChI=1S/C35H37FN2O.CH5N/c1-7-28-17-16-27(20-34(28)37-25(4)22-39-6)19-29-12-8-9-13-32(29)35-24(3)11-10-14-31(35)26(5)38-33-21-30(36)18-15-23(33)2;1-2/h7-18,20-21,25,37-38H,1,5,19,22H2,2-4,6H3;2H2,1H3. The predicted molar refractivity (Wildman–Crippen MR) is 175 cm³/mol. The molecule has 0 aromatic heterocycles. The van der Waals surface area contributed by atoms with Crippen molar-refractivity contribution in [3.63, 3.8) is 0 Å². The smallest absolute Gasteiger partial charge is 0.125 e. The van der Waals surface area contributed by atoms with Crippen LogP contribution in [-0.4, -0.2) is 26.8 Å². The SMILES string of the molecule is C=Cc1ccc(Cc2ccccc2-c2c(C)cccc2C(=C)Nc2cc(F)ccc2C)cc1NC(C)COC.CN. The molecule has 0 spiro atoms. The third-order valence-corrected chi connectivity index (χ3v) is 6.92. The van der Waals surface area contributed by atoms with Crippen LogP contribution in [0, 0.1) is 19.7 Å². The van der Waals surface area contributed by atoms with Crippen LogP contribution in [0.1, 0.15) is 40.3 Å². The van der Waals surface area contributed by atoms with Gasteiger partial charge in [-0.05, 0) is 91.4 Å². The van der Waals surface area contributed by atoms with E-state index < -0.39 is 0 Å². The summed E-state index contributed by atoms with van der Waals surface area (Å²) in [6, 6.07) is 26.1. The van der Waals surface area contributed by atoms with Gasteiger partial charge < -0.3 is 21.1 Å². The summed E-state index contributed by atoms with van der Waals surface area (Å²) in [6.07, 6.45) is 2.63. The van der Waals surface area contributed by atoms with E-state index in [1.165, 1.54) is 30.3 Å². The summed E-state index contributed by atoms with van der Waals surface area (Å²) in [4.78, 5) is 0. The van der Waals surface area contributed by atoms with Crippen LogP contribution in [-0.2, 0) is 11.2 Å². The molecule has 0 amide bonds. The van der Waals surface area contributed by atoms with E-state index in [4.69, 9.17) is 4.74 Å². The lowest BCUT2D eigenvalue weighted by molar-refractivity contribution is 0.190. The molecule has 4 N–H and O–H groups in total. The van der Waals surface area contributed by atoms with E-state index >= 15 is 0 Å². The first-order valence-corrected chi connectivity index (χ1v) is 13.8. The summed E-state index contributed by atoms with van der Waals surface area (Å²) in [5, 5.41) is 6.92. The van der Waals surface area contributed by atoms with Crippen LogP contribution in [0.15, 0.2) is 92.0 Å². The molecule has 41 heavy (non-hydrogen) atoms. The van der Waals surface area contributed by atoms with E-state index in [1.807, 2.05) is 19.1 Å². The topological polar surface area (TPSA) is 59.3 Å². The first kappa shape index (κ1) is 31.3. The summed E-state index contributed by atoms with van der Waals surface area (Å²) in [5.74, 6) is -0.279. The lowest BCUT2D eigenvalue weighted by atomic mass is 9.88. The Kier molecular flexibility index (Phi) is 11.5. The summed E-state index contributed by atoms with van der Waals surface area (Å²) >= 11 is 0. The molecule has 1 atom stereocenters. The van der Waals surface area contributed by atoms with E-state index in [0.717, 1.165) is 51.2 Å². The maximum absolute atomic E-state index is 14.0. The number of benzene rings is 4. The molecular weight excluding hydrogens is 509 g/mol. The van der Waals surface area contributed by atoms with Crippen LogP contribution in [0.4, 0.5) is 15.8 Å². The quantitative estimate of drug-likeness (QED) is 0.175. The second-order valence-corrected chi connectivity index (χ2v) is 10.0. The third-order valence-electron chi connectivity index (χ3n) is 6.92. The predicted octanol–water partition coefficient (Wildman–Crippen LogP) is 8.45. The molecule has 0 aliphatic rings. The number of nitrogens with one attached hydrogen (secondary N) is 2.